The molecule has 0 saturated heterocycles. The van der Waals surface area contributed by atoms with Crippen molar-refractivity contribution in [2.24, 2.45) is 0 Å². The Morgan fingerprint density at radius 3 is 2.58 bits per heavy atom. The van der Waals surface area contributed by atoms with E-state index in [9.17, 15) is 8.78 Å². The lowest BCUT2D eigenvalue weighted by Crippen LogP contribution is -2.05. The zero-order valence-electron chi connectivity index (χ0n) is 10.2. The Morgan fingerprint density at radius 2 is 1.89 bits per heavy atom. The second kappa shape index (κ2) is 5.99. The summed E-state index contributed by atoms with van der Waals surface area (Å²) in [5.74, 6) is -0.253. The van der Waals surface area contributed by atoms with E-state index in [1.165, 1.54) is 24.3 Å². The smallest absolute Gasteiger partial charge is 0.146 e. The average molecular weight is 284 g/mol. The van der Waals surface area contributed by atoms with Crippen LogP contribution in [0.3, 0.4) is 0 Å². The predicted octanol–water partition coefficient (Wildman–Crippen LogP) is 4.13. The monoisotopic (exact) mass is 283 g/mol. The van der Waals surface area contributed by atoms with Crippen molar-refractivity contribution in [1.82, 2.24) is 5.32 Å². The summed E-state index contributed by atoms with van der Waals surface area (Å²) in [6.07, 6.45) is 0. The molecule has 0 fully saturated rings. The minimum absolute atomic E-state index is 0.138. The summed E-state index contributed by atoms with van der Waals surface area (Å²) in [6.45, 7) is 0.519. The van der Waals surface area contributed by atoms with E-state index in [2.05, 4.69) is 5.32 Å². The van der Waals surface area contributed by atoms with Crippen LogP contribution in [-0.4, -0.2) is 7.05 Å². The maximum atomic E-state index is 13.4. The molecule has 0 amide bonds. The first-order valence-corrected chi connectivity index (χ1v) is 6.03. The van der Waals surface area contributed by atoms with Gasteiger partial charge in [0, 0.05) is 12.6 Å². The third-order valence-corrected chi connectivity index (χ3v) is 2.73. The fourth-order valence-corrected chi connectivity index (χ4v) is 1.88. The minimum Gasteiger partial charge on any atom is -0.456 e. The molecular formula is C14H12ClF2NO. The van der Waals surface area contributed by atoms with Gasteiger partial charge in [-0.1, -0.05) is 11.6 Å². The fraction of sp³-hybridized carbons (Fsp3) is 0.143. The maximum Gasteiger partial charge on any atom is 0.146 e. The number of halogens is 3. The molecule has 2 aromatic rings. The number of hydrogen-bond donors (Lipinski definition) is 1. The van der Waals surface area contributed by atoms with Crippen LogP contribution in [0.15, 0.2) is 36.4 Å². The number of nitrogens with one attached hydrogen (secondary N) is 1. The van der Waals surface area contributed by atoms with Gasteiger partial charge in [-0.25, -0.2) is 8.78 Å². The van der Waals surface area contributed by atoms with Crippen molar-refractivity contribution in [3.05, 3.63) is 58.6 Å². The van der Waals surface area contributed by atoms with Crippen LogP contribution in [0.2, 0.25) is 5.02 Å². The van der Waals surface area contributed by atoms with Crippen LogP contribution >= 0.6 is 11.6 Å². The maximum absolute atomic E-state index is 13.4. The highest BCUT2D eigenvalue weighted by Gasteiger charge is 2.07. The SMILES string of the molecule is CNCc1cc(F)cc(Oc2ccc(F)cc2Cl)c1. The van der Waals surface area contributed by atoms with Gasteiger partial charge in [-0.05, 0) is 42.9 Å². The topological polar surface area (TPSA) is 21.3 Å². The molecule has 0 saturated carbocycles. The van der Waals surface area contributed by atoms with Crippen molar-refractivity contribution < 1.29 is 13.5 Å². The van der Waals surface area contributed by atoms with Crippen molar-refractivity contribution >= 4 is 11.6 Å². The molecule has 0 heterocycles. The summed E-state index contributed by atoms with van der Waals surface area (Å²) < 4.78 is 31.8. The van der Waals surface area contributed by atoms with Crippen molar-refractivity contribution in [2.75, 3.05) is 7.05 Å². The molecule has 0 unspecified atom stereocenters. The van der Waals surface area contributed by atoms with Crippen LogP contribution in [-0.2, 0) is 6.54 Å². The Balaban J connectivity index is 2.27. The molecule has 0 radical (unpaired) electrons. The van der Waals surface area contributed by atoms with Gasteiger partial charge in [-0.3, -0.25) is 0 Å². The van der Waals surface area contributed by atoms with Crippen LogP contribution in [0.25, 0.3) is 0 Å². The van der Waals surface area contributed by atoms with E-state index in [1.807, 2.05) is 0 Å². The molecule has 0 spiro atoms. The van der Waals surface area contributed by atoms with Crippen molar-refractivity contribution in [1.29, 1.82) is 0 Å². The first kappa shape index (κ1) is 13.8. The molecule has 0 atom stereocenters. The van der Waals surface area contributed by atoms with Gasteiger partial charge in [0.1, 0.15) is 23.1 Å². The Kier molecular flexibility index (Phi) is 4.35. The quantitative estimate of drug-likeness (QED) is 0.911. The van der Waals surface area contributed by atoms with Crippen LogP contribution in [0.1, 0.15) is 5.56 Å². The molecule has 2 nitrogen and oxygen atoms in total. The van der Waals surface area contributed by atoms with Gasteiger partial charge >= 0.3 is 0 Å². The Bertz CT molecular complexity index is 590. The fourth-order valence-electron chi connectivity index (χ4n) is 1.67. The molecule has 1 N–H and O–H groups in total. The standard InChI is InChI=1S/C14H12ClF2NO/c1-18-8-9-4-11(17)6-12(5-9)19-14-3-2-10(16)7-13(14)15/h2-7,18H,8H2,1H3. The minimum atomic E-state index is -0.451. The lowest BCUT2D eigenvalue weighted by molar-refractivity contribution is 0.474. The molecule has 0 aliphatic rings. The third kappa shape index (κ3) is 3.66. The van der Waals surface area contributed by atoms with Crippen LogP contribution < -0.4 is 10.1 Å². The molecule has 100 valence electrons. The average Bonchev–Trinajstić information content (AvgIpc) is 2.32. The molecule has 5 heteroatoms. The molecule has 2 aromatic carbocycles. The van der Waals surface area contributed by atoms with Crippen LogP contribution in [0.4, 0.5) is 8.78 Å². The van der Waals surface area contributed by atoms with Crippen molar-refractivity contribution in [3.8, 4) is 11.5 Å². The number of rotatable bonds is 4. The second-order valence-corrected chi connectivity index (χ2v) is 4.41. The molecular weight excluding hydrogens is 272 g/mol. The van der Waals surface area contributed by atoms with E-state index in [0.29, 0.717) is 12.3 Å². The first-order valence-electron chi connectivity index (χ1n) is 5.65. The summed E-state index contributed by atoms with van der Waals surface area (Å²) in [6, 6.07) is 8.13. The second-order valence-electron chi connectivity index (χ2n) is 4.00. The first-order chi connectivity index (χ1) is 9.08. The largest absolute Gasteiger partial charge is 0.456 e. The van der Waals surface area contributed by atoms with Gasteiger partial charge in [-0.15, -0.1) is 0 Å². The molecule has 0 aliphatic heterocycles. The van der Waals surface area contributed by atoms with Crippen LogP contribution in [0.5, 0.6) is 11.5 Å². The zero-order valence-corrected chi connectivity index (χ0v) is 11.0. The third-order valence-electron chi connectivity index (χ3n) is 2.43. The Labute approximate surface area is 115 Å². The summed E-state index contributed by atoms with van der Waals surface area (Å²) in [5.41, 5.74) is 0.746. The normalized spacial score (nSPS) is 10.5. The number of ether oxygens (including phenoxy) is 1. The number of hydrogen-bond acceptors (Lipinski definition) is 2. The Morgan fingerprint density at radius 1 is 1.11 bits per heavy atom. The van der Waals surface area contributed by atoms with Crippen molar-refractivity contribution in [2.45, 2.75) is 6.54 Å². The van der Waals surface area contributed by atoms with E-state index in [-0.39, 0.29) is 10.8 Å². The van der Waals surface area contributed by atoms with E-state index in [0.717, 1.165) is 11.6 Å². The lowest BCUT2D eigenvalue weighted by atomic mass is 10.2. The molecule has 19 heavy (non-hydrogen) atoms. The van der Waals surface area contributed by atoms with E-state index >= 15 is 0 Å². The summed E-state index contributed by atoms with van der Waals surface area (Å²) in [5, 5.41) is 3.06. The van der Waals surface area contributed by atoms with Crippen LogP contribution in [0, 0.1) is 11.6 Å². The van der Waals surface area contributed by atoms with Gasteiger partial charge < -0.3 is 10.1 Å². The van der Waals surface area contributed by atoms with Crippen molar-refractivity contribution in [3.63, 3.8) is 0 Å². The number of benzene rings is 2. The van der Waals surface area contributed by atoms with E-state index < -0.39 is 11.6 Å². The summed E-state index contributed by atoms with van der Waals surface area (Å²) in [4.78, 5) is 0. The van der Waals surface area contributed by atoms with Gasteiger partial charge in [0.2, 0.25) is 0 Å². The van der Waals surface area contributed by atoms with Gasteiger partial charge in [0.05, 0.1) is 5.02 Å². The molecule has 2 rings (SSSR count). The highest BCUT2D eigenvalue weighted by molar-refractivity contribution is 6.32. The molecule has 0 bridgehead atoms. The molecule has 0 aliphatic carbocycles. The highest BCUT2D eigenvalue weighted by Crippen LogP contribution is 2.30. The van der Waals surface area contributed by atoms with E-state index in [1.54, 1.807) is 13.1 Å². The summed E-state index contributed by atoms with van der Waals surface area (Å²) >= 11 is 5.85. The highest BCUT2D eigenvalue weighted by atomic mass is 35.5. The lowest BCUT2D eigenvalue weighted by Gasteiger charge is -2.09. The van der Waals surface area contributed by atoms with Gasteiger partial charge in [-0.2, -0.15) is 0 Å². The van der Waals surface area contributed by atoms with Gasteiger partial charge in [0.25, 0.3) is 0 Å². The zero-order chi connectivity index (χ0) is 13.8. The van der Waals surface area contributed by atoms with E-state index in [4.69, 9.17) is 16.3 Å². The Hall–Kier alpha value is -1.65. The summed E-state index contributed by atoms with van der Waals surface area (Å²) in [7, 11) is 1.77. The van der Waals surface area contributed by atoms with Gasteiger partial charge in [0.15, 0.2) is 0 Å². The molecule has 0 aromatic heterocycles. The predicted molar refractivity (Wildman–Crippen MR) is 70.6 cm³/mol.